The van der Waals surface area contributed by atoms with E-state index in [9.17, 15) is 13.2 Å². The Morgan fingerprint density at radius 3 is 2.24 bits per heavy atom. The van der Waals surface area contributed by atoms with Gasteiger partial charge in [0.1, 0.15) is 6.54 Å². The van der Waals surface area contributed by atoms with Crippen molar-refractivity contribution in [1.82, 2.24) is 4.31 Å². The lowest BCUT2D eigenvalue weighted by Gasteiger charge is -2.24. The molecule has 17 heavy (non-hydrogen) atoms. The molecule has 0 aliphatic rings. The smallest absolute Gasteiger partial charge is 0.318 e. The van der Waals surface area contributed by atoms with Crippen LogP contribution < -0.4 is 4.31 Å². The molecule has 6 nitrogen and oxygen atoms in total. The predicted octanol–water partition coefficient (Wildman–Crippen LogP) is 0.384. The molecule has 94 valence electrons. The summed E-state index contributed by atoms with van der Waals surface area (Å²) in [5, 5.41) is 8.57. The van der Waals surface area contributed by atoms with Gasteiger partial charge in [0.25, 0.3) is 0 Å². The summed E-state index contributed by atoms with van der Waals surface area (Å²) in [6.45, 7) is -0.570. The summed E-state index contributed by atoms with van der Waals surface area (Å²) >= 11 is 0. The molecule has 1 N–H and O–H groups in total. The Morgan fingerprint density at radius 1 is 1.24 bits per heavy atom. The number of nitrogens with zero attached hydrogens (tertiary/aromatic N) is 2. The van der Waals surface area contributed by atoms with Crippen LogP contribution >= 0.6 is 0 Å². The van der Waals surface area contributed by atoms with E-state index in [1.165, 1.54) is 14.1 Å². The van der Waals surface area contributed by atoms with Crippen molar-refractivity contribution in [2.24, 2.45) is 0 Å². The molecule has 0 heterocycles. The van der Waals surface area contributed by atoms with Crippen molar-refractivity contribution in [1.29, 1.82) is 0 Å². The first-order valence-electron chi connectivity index (χ1n) is 4.82. The Bertz CT molecular complexity index is 486. The Kier molecular flexibility index (Phi) is 4.08. The van der Waals surface area contributed by atoms with Gasteiger partial charge in [-0.2, -0.15) is 12.7 Å². The minimum Gasteiger partial charge on any atom is -0.480 e. The van der Waals surface area contributed by atoms with Crippen LogP contribution in [0.4, 0.5) is 5.69 Å². The molecule has 0 aromatic heterocycles. The van der Waals surface area contributed by atoms with E-state index >= 15 is 0 Å². The van der Waals surface area contributed by atoms with Crippen LogP contribution in [0.5, 0.6) is 0 Å². The molecule has 0 radical (unpaired) electrons. The quantitative estimate of drug-likeness (QED) is 0.828. The van der Waals surface area contributed by atoms with Crippen molar-refractivity contribution in [3.05, 3.63) is 30.3 Å². The van der Waals surface area contributed by atoms with Gasteiger partial charge in [0, 0.05) is 14.1 Å². The standard InChI is InChI=1S/C10H14N2O4S/c1-11(8-10(13)14)17(15,16)12(2)9-6-4-3-5-7-9/h3-7H,8H2,1-2H3,(H,13,14). The van der Waals surface area contributed by atoms with Gasteiger partial charge in [-0.05, 0) is 12.1 Å². The molecule has 0 saturated heterocycles. The second-order valence-electron chi connectivity index (χ2n) is 3.46. The number of carboxylic acid groups (broad SMARTS) is 1. The second kappa shape index (κ2) is 5.15. The predicted molar refractivity (Wildman–Crippen MR) is 64.0 cm³/mol. The highest BCUT2D eigenvalue weighted by molar-refractivity contribution is 7.90. The van der Waals surface area contributed by atoms with Crippen molar-refractivity contribution in [2.75, 3.05) is 24.9 Å². The number of carboxylic acids is 1. The molecule has 0 amide bonds. The highest BCUT2D eigenvalue weighted by atomic mass is 32.2. The molecule has 7 heteroatoms. The summed E-state index contributed by atoms with van der Waals surface area (Å²) in [5.41, 5.74) is 0.477. The first-order chi connectivity index (χ1) is 7.85. The molecule has 0 bridgehead atoms. The molecule has 0 atom stereocenters. The highest BCUT2D eigenvalue weighted by Crippen LogP contribution is 2.16. The van der Waals surface area contributed by atoms with Gasteiger partial charge in [-0.25, -0.2) is 0 Å². The van der Waals surface area contributed by atoms with Gasteiger partial charge in [-0.15, -0.1) is 0 Å². The van der Waals surface area contributed by atoms with E-state index in [1.54, 1.807) is 30.3 Å². The zero-order chi connectivity index (χ0) is 13.1. The summed E-state index contributed by atoms with van der Waals surface area (Å²) < 4.78 is 25.7. The van der Waals surface area contributed by atoms with Gasteiger partial charge < -0.3 is 5.11 Å². The Morgan fingerprint density at radius 2 is 1.76 bits per heavy atom. The van der Waals surface area contributed by atoms with Gasteiger partial charge in [-0.3, -0.25) is 9.10 Å². The van der Waals surface area contributed by atoms with Crippen LogP contribution in [0.2, 0.25) is 0 Å². The topological polar surface area (TPSA) is 77.9 Å². The van der Waals surface area contributed by atoms with Crippen LogP contribution in [0.3, 0.4) is 0 Å². The Balaban J connectivity index is 2.95. The largest absolute Gasteiger partial charge is 0.480 e. The van der Waals surface area contributed by atoms with Gasteiger partial charge in [0.15, 0.2) is 0 Å². The number of benzene rings is 1. The molecule has 0 spiro atoms. The number of carbonyl (C=O) groups is 1. The average molecular weight is 258 g/mol. The maximum absolute atomic E-state index is 12.0. The number of hydrogen-bond donors (Lipinski definition) is 1. The van der Waals surface area contributed by atoms with Gasteiger partial charge in [0.05, 0.1) is 5.69 Å². The van der Waals surface area contributed by atoms with Crippen LogP contribution in [0.25, 0.3) is 0 Å². The number of likely N-dealkylation sites (N-methyl/N-ethyl adjacent to an activating group) is 1. The van der Waals surface area contributed by atoms with E-state index in [0.717, 1.165) is 8.61 Å². The molecule has 0 aliphatic carbocycles. The monoisotopic (exact) mass is 258 g/mol. The first-order valence-corrected chi connectivity index (χ1v) is 6.22. The van der Waals surface area contributed by atoms with Crippen molar-refractivity contribution < 1.29 is 18.3 Å². The van der Waals surface area contributed by atoms with E-state index in [2.05, 4.69) is 0 Å². The Hall–Kier alpha value is -1.60. The van der Waals surface area contributed by atoms with E-state index in [0.29, 0.717) is 5.69 Å². The van der Waals surface area contributed by atoms with Crippen LogP contribution in [0.15, 0.2) is 30.3 Å². The summed E-state index contributed by atoms with van der Waals surface area (Å²) in [6.07, 6.45) is 0. The van der Waals surface area contributed by atoms with Gasteiger partial charge in [-0.1, -0.05) is 18.2 Å². The third-order valence-corrected chi connectivity index (χ3v) is 4.04. The fraction of sp³-hybridized carbons (Fsp3) is 0.300. The van der Waals surface area contributed by atoms with E-state index in [-0.39, 0.29) is 0 Å². The van der Waals surface area contributed by atoms with Gasteiger partial charge in [0.2, 0.25) is 0 Å². The van der Waals surface area contributed by atoms with Crippen molar-refractivity contribution in [3.63, 3.8) is 0 Å². The lowest BCUT2D eigenvalue weighted by atomic mass is 10.3. The lowest BCUT2D eigenvalue weighted by molar-refractivity contribution is -0.137. The third-order valence-electron chi connectivity index (χ3n) is 2.22. The van der Waals surface area contributed by atoms with Crippen LogP contribution in [-0.2, 0) is 15.0 Å². The number of anilines is 1. The van der Waals surface area contributed by atoms with E-state index < -0.39 is 22.7 Å². The summed E-state index contributed by atoms with van der Waals surface area (Å²) in [7, 11) is -1.20. The molecule has 0 unspecified atom stereocenters. The summed E-state index contributed by atoms with van der Waals surface area (Å²) in [6, 6.07) is 8.44. The van der Waals surface area contributed by atoms with Crippen molar-refractivity contribution in [2.45, 2.75) is 0 Å². The zero-order valence-electron chi connectivity index (χ0n) is 9.57. The minimum absolute atomic E-state index is 0.477. The second-order valence-corrected chi connectivity index (χ2v) is 5.53. The molecule has 1 aromatic rings. The summed E-state index contributed by atoms with van der Waals surface area (Å²) in [4.78, 5) is 10.5. The van der Waals surface area contributed by atoms with Gasteiger partial charge >= 0.3 is 16.2 Å². The first kappa shape index (κ1) is 13.5. The van der Waals surface area contributed by atoms with Crippen LogP contribution in [0, 0.1) is 0 Å². The van der Waals surface area contributed by atoms with Crippen molar-refractivity contribution in [3.8, 4) is 0 Å². The lowest BCUT2D eigenvalue weighted by Crippen LogP contribution is -2.42. The molecular weight excluding hydrogens is 244 g/mol. The fourth-order valence-electron chi connectivity index (χ4n) is 1.25. The SMILES string of the molecule is CN(CC(=O)O)S(=O)(=O)N(C)c1ccccc1. The fourth-order valence-corrected chi connectivity index (χ4v) is 2.33. The molecule has 0 aliphatic heterocycles. The van der Waals surface area contributed by atoms with Crippen LogP contribution in [-0.4, -0.2) is 44.4 Å². The molecule has 1 rings (SSSR count). The third kappa shape index (κ3) is 3.18. The number of rotatable bonds is 5. The maximum Gasteiger partial charge on any atom is 0.318 e. The van der Waals surface area contributed by atoms with Crippen molar-refractivity contribution >= 4 is 21.9 Å². The number of aliphatic carboxylic acids is 1. The van der Waals surface area contributed by atoms with Crippen LogP contribution in [0.1, 0.15) is 0 Å². The number of para-hydroxylation sites is 1. The minimum atomic E-state index is -3.80. The molecular formula is C10H14N2O4S. The highest BCUT2D eigenvalue weighted by Gasteiger charge is 2.25. The average Bonchev–Trinajstić information content (AvgIpc) is 2.28. The van der Waals surface area contributed by atoms with E-state index in [4.69, 9.17) is 5.11 Å². The Labute approximate surface area is 100 Å². The molecule has 1 aromatic carbocycles. The molecule has 0 saturated carbocycles. The summed E-state index contributed by atoms with van der Waals surface area (Å²) in [5.74, 6) is -1.20. The maximum atomic E-state index is 12.0. The zero-order valence-corrected chi connectivity index (χ0v) is 10.4. The number of hydrogen-bond acceptors (Lipinski definition) is 3. The normalized spacial score (nSPS) is 11.5. The molecule has 0 fully saturated rings. The van der Waals surface area contributed by atoms with E-state index in [1.807, 2.05) is 0 Å².